The first-order chi connectivity index (χ1) is 7.09. The van der Waals surface area contributed by atoms with Gasteiger partial charge in [-0.2, -0.15) is 0 Å². The van der Waals surface area contributed by atoms with E-state index >= 15 is 0 Å². The standard InChI is InChI=1S/C11H19NO3/c1-2-8(10(13)14)11(15)5-7-12-6-3-4-9(11)12/h8-9,15H,2-7H2,1H3,(H,13,14). The van der Waals surface area contributed by atoms with Crippen molar-refractivity contribution in [1.29, 1.82) is 0 Å². The Hall–Kier alpha value is -0.610. The van der Waals surface area contributed by atoms with Crippen LogP contribution in [0.25, 0.3) is 0 Å². The maximum absolute atomic E-state index is 11.1. The lowest BCUT2D eigenvalue weighted by molar-refractivity contribution is -0.154. The van der Waals surface area contributed by atoms with Crippen LogP contribution >= 0.6 is 0 Å². The van der Waals surface area contributed by atoms with E-state index in [1.54, 1.807) is 0 Å². The lowest BCUT2D eigenvalue weighted by atomic mass is 9.79. The van der Waals surface area contributed by atoms with Crippen LogP contribution in [0.2, 0.25) is 0 Å². The number of carboxylic acid groups (broad SMARTS) is 1. The van der Waals surface area contributed by atoms with Gasteiger partial charge >= 0.3 is 5.97 Å². The smallest absolute Gasteiger partial charge is 0.309 e. The van der Waals surface area contributed by atoms with Crippen molar-refractivity contribution in [3.05, 3.63) is 0 Å². The Bertz CT molecular complexity index is 269. The number of carboxylic acids is 1. The highest BCUT2D eigenvalue weighted by molar-refractivity contribution is 5.71. The highest BCUT2D eigenvalue weighted by Crippen LogP contribution is 2.41. The Kier molecular flexibility index (Phi) is 2.73. The molecule has 3 unspecified atom stereocenters. The molecule has 2 saturated heterocycles. The molecule has 3 atom stereocenters. The maximum Gasteiger partial charge on any atom is 0.309 e. The minimum absolute atomic E-state index is 0.0820. The van der Waals surface area contributed by atoms with Crippen LogP contribution in [0.1, 0.15) is 32.6 Å². The van der Waals surface area contributed by atoms with Crippen LogP contribution in [-0.4, -0.2) is 45.8 Å². The number of aliphatic hydroxyl groups is 1. The van der Waals surface area contributed by atoms with Crippen molar-refractivity contribution < 1.29 is 15.0 Å². The number of fused-ring (bicyclic) bond motifs is 1. The molecular weight excluding hydrogens is 194 g/mol. The van der Waals surface area contributed by atoms with Gasteiger partial charge in [0, 0.05) is 12.6 Å². The van der Waals surface area contributed by atoms with Gasteiger partial charge in [-0.3, -0.25) is 9.69 Å². The molecule has 0 saturated carbocycles. The van der Waals surface area contributed by atoms with E-state index in [4.69, 9.17) is 5.11 Å². The Morgan fingerprint density at radius 2 is 2.33 bits per heavy atom. The molecule has 2 N–H and O–H groups in total. The zero-order valence-corrected chi connectivity index (χ0v) is 9.15. The summed E-state index contributed by atoms with van der Waals surface area (Å²) in [4.78, 5) is 13.4. The van der Waals surface area contributed by atoms with E-state index < -0.39 is 17.5 Å². The van der Waals surface area contributed by atoms with E-state index in [9.17, 15) is 9.90 Å². The first-order valence-electron chi connectivity index (χ1n) is 5.79. The van der Waals surface area contributed by atoms with Crippen molar-refractivity contribution in [1.82, 2.24) is 4.90 Å². The fourth-order valence-electron chi connectivity index (χ4n) is 3.30. The molecule has 86 valence electrons. The van der Waals surface area contributed by atoms with Gasteiger partial charge in [0.2, 0.25) is 0 Å². The van der Waals surface area contributed by atoms with E-state index in [-0.39, 0.29) is 6.04 Å². The third-order valence-corrected chi connectivity index (χ3v) is 4.05. The molecule has 0 radical (unpaired) electrons. The summed E-state index contributed by atoms with van der Waals surface area (Å²) in [7, 11) is 0. The molecule has 0 spiro atoms. The Labute approximate surface area is 89.9 Å². The van der Waals surface area contributed by atoms with Crippen molar-refractivity contribution in [2.24, 2.45) is 5.92 Å². The van der Waals surface area contributed by atoms with Crippen LogP contribution in [0.5, 0.6) is 0 Å². The second-order valence-corrected chi connectivity index (χ2v) is 4.73. The topological polar surface area (TPSA) is 60.8 Å². The Balaban J connectivity index is 2.21. The quantitative estimate of drug-likeness (QED) is 0.724. The molecular formula is C11H19NO3. The molecule has 15 heavy (non-hydrogen) atoms. The summed E-state index contributed by atoms with van der Waals surface area (Å²) in [5.74, 6) is -1.46. The summed E-state index contributed by atoms with van der Waals surface area (Å²) in [6.45, 7) is 3.71. The predicted molar refractivity (Wildman–Crippen MR) is 55.6 cm³/mol. The molecule has 0 aromatic heterocycles. The average molecular weight is 213 g/mol. The summed E-state index contributed by atoms with van der Waals surface area (Å²) in [6, 6.07) is 0.0820. The third kappa shape index (κ3) is 1.56. The zero-order chi connectivity index (χ0) is 11.1. The number of nitrogens with zero attached hydrogens (tertiary/aromatic N) is 1. The second kappa shape index (κ2) is 3.76. The normalized spacial score (nSPS) is 37.9. The van der Waals surface area contributed by atoms with Crippen LogP contribution in [0.15, 0.2) is 0 Å². The summed E-state index contributed by atoms with van der Waals surface area (Å²) >= 11 is 0. The van der Waals surface area contributed by atoms with Gasteiger partial charge in [-0.1, -0.05) is 6.92 Å². The van der Waals surface area contributed by atoms with Crippen molar-refractivity contribution in [2.75, 3.05) is 13.1 Å². The Morgan fingerprint density at radius 3 is 2.93 bits per heavy atom. The number of aliphatic carboxylic acids is 1. The highest BCUT2D eigenvalue weighted by atomic mass is 16.4. The van der Waals surface area contributed by atoms with Crippen LogP contribution in [0, 0.1) is 5.92 Å². The molecule has 2 heterocycles. The first-order valence-corrected chi connectivity index (χ1v) is 5.79. The van der Waals surface area contributed by atoms with Gasteiger partial charge < -0.3 is 10.2 Å². The SMILES string of the molecule is CCC(C(=O)O)C1(O)CCN2CCCC21. The van der Waals surface area contributed by atoms with E-state index in [1.807, 2.05) is 6.92 Å². The van der Waals surface area contributed by atoms with Crippen LogP contribution in [0.4, 0.5) is 0 Å². The second-order valence-electron chi connectivity index (χ2n) is 4.73. The van der Waals surface area contributed by atoms with Crippen molar-refractivity contribution in [2.45, 2.75) is 44.2 Å². The third-order valence-electron chi connectivity index (χ3n) is 4.05. The number of hydrogen-bond donors (Lipinski definition) is 2. The molecule has 0 aliphatic carbocycles. The van der Waals surface area contributed by atoms with E-state index in [1.165, 1.54) is 0 Å². The van der Waals surface area contributed by atoms with Crippen LogP contribution < -0.4 is 0 Å². The summed E-state index contributed by atoms with van der Waals surface area (Å²) in [5.41, 5.74) is -0.989. The van der Waals surface area contributed by atoms with E-state index in [0.717, 1.165) is 25.9 Å². The minimum Gasteiger partial charge on any atom is -0.481 e. The molecule has 4 nitrogen and oxygen atoms in total. The van der Waals surface area contributed by atoms with Crippen LogP contribution in [-0.2, 0) is 4.79 Å². The number of carbonyl (C=O) groups is 1. The summed E-state index contributed by atoms with van der Waals surface area (Å²) in [6.07, 6.45) is 3.15. The fourth-order valence-corrected chi connectivity index (χ4v) is 3.30. The van der Waals surface area contributed by atoms with Gasteiger partial charge in [-0.05, 0) is 32.2 Å². The molecule has 2 aliphatic heterocycles. The first kappa shape index (κ1) is 10.9. The van der Waals surface area contributed by atoms with Gasteiger partial charge in [0.25, 0.3) is 0 Å². The van der Waals surface area contributed by atoms with Gasteiger partial charge in [0.05, 0.1) is 11.5 Å². The number of hydrogen-bond acceptors (Lipinski definition) is 3. The molecule has 0 aromatic carbocycles. The molecule has 0 bridgehead atoms. The lowest BCUT2D eigenvalue weighted by Gasteiger charge is -2.34. The van der Waals surface area contributed by atoms with Crippen molar-refractivity contribution in [3.8, 4) is 0 Å². The van der Waals surface area contributed by atoms with Gasteiger partial charge in [-0.15, -0.1) is 0 Å². The Morgan fingerprint density at radius 1 is 1.60 bits per heavy atom. The highest BCUT2D eigenvalue weighted by Gasteiger charge is 2.54. The molecule has 2 fully saturated rings. The maximum atomic E-state index is 11.1. The van der Waals surface area contributed by atoms with Gasteiger partial charge in [0.15, 0.2) is 0 Å². The monoisotopic (exact) mass is 213 g/mol. The van der Waals surface area contributed by atoms with E-state index in [2.05, 4.69) is 4.90 Å². The summed E-state index contributed by atoms with van der Waals surface area (Å²) in [5, 5.41) is 19.7. The van der Waals surface area contributed by atoms with Gasteiger partial charge in [0.1, 0.15) is 0 Å². The number of rotatable bonds is 3. The largest absolute Gasteiger partial charge is 0.481 e. The van der Waals surface area contributed by atoms with E-state index in [0.29, 0.717) is 12.8 Å². The average Bonchev–Trinajstić information content (AvgIpc) is 2.72. The molecule has 0 aromatic rings. The molecule has 4 heteroatoms. The molecule has 0 amide bonds. The minimum atomic E-state index is -0.989. The summed E-state index contributed by atoms with van der Waals surface area (Å²) < 4.78 is 0. The van der Waals surface area contributed by atoms with Crippen molar-refractivity contribution >= 4 is 5.97 Å². The fraction of sp³-hybridized carbons (Fsp3) is 0.909. The lowest BCUT2D eigenvalue weighted by Crippen LogP contribution is -2.50. The molecule has 2 aliphatic rings. The van der Waals surface area contributed by atoms with Gasteiger partial charge in [-0.25, -0.2) is 0 Å². The zero-order valence-electron chi connectivity index (χ0n) is 9.15. The predicted octanol–water partition coefficient (Wildman–Crippen LogP) is 0.696. The van der Waals surface area contributed by atoms with Crippen LogP contribution in [0.3, 0.4) is 0 Å². The van der Waals surface area contributed by atoms with Crippen molar-refractivity contribution in [3.63, 3.8) is 0 Å². The molecule has 2 rings (SSSR count).